The van der Waals surface area contributed by atoms with E-state index in [0.29, 0.717) is 5.92 Å². The number of aromatic nitrogens is 2. The summed E-state index contributed by atoms with van der Waals surface area (Å²) >= 11 is 0. The molecule has 0 amide bonds. The van der Waals surface area contributed by atoms with Crippen LogP contribution < -0.4 is 0 Å². The highest BCUT2D eigenvalue weighted by Crippen LogP contribution is 2.22. The van der Waals surface area contributed by atoms with Crippen LogP contribution in [0.1, 0.15) is 43.9 Å². The normalized spacial score (nSPS) is 12.9. The van der Waals surface area contributed by atoms with Crippen molar-refractivity contribution in [2.24, 2.45) is 5.92 Å². The third kappa shape index (κ3) is 1.95. The molecule has 0 saturated heterocycles. The molecular weight excluding hydrogens is 174 g/mol. The van der Waals surface area contributed by atoms with E-state index >= 15 is 0 Å². The van der Waals surface area contributed by atoms with Gasteiger partial charge in [-0.1, -0.05) is 20.8 Å². The summed E-state index contributed by atoms with van der Waals surface area (Å²) in [4.78, 5) is 7.64. The van der Waals surface area contributed by atoms with E-state index in [4.69, 9.17) is 5.26 Å². The van der Waals surface area contributed by atoms with Crippen LogP contribution in [-0.2, 0) is 6.42 Å². The first-order chi connectivity index (χ1) is 6.60. The highest BCUT2D eigenvalue weighted by molar-refractivity contribution is 5.19. The molecule has 0 fully saturated rings. The zero-order valence-corrected chi connectivity index (χ0v) is 9.26. The van der Waals surface area contributed by atoms with Crippen LogP contribution >= 0.6 is 0 Å². The molecule has 0 bridgehead atoms. The van der Waals surface area contributed by atoms with Crippen LogP contribution in [0.15, 0.2) is 0 Å². The van der Waals surface area contributed by atoms with E-state index in [2.05, 4.69) is 23.0 Å². The van der Waals surface area contributed by atoms with Crippen LogP contribution in [0.4, 0.5) is 0 Å². The quantitative estimate of drug-likeness (QED) is 0.798. The molecule has 1 atom stereocenters. The number of rotatable bonds is 3. The molecule has 0 aliphatic rings. The van der Waals surface area contributed by atoms with E-state index in [1.807, 2.05) is 20.8 Å². The summed E-state index contributed by atoms with van der Waals surface area (Å²) < 4.78 is 0. The molecule has 1 aromatic heterocycles. The number of imidazole rings is 1. The highest BCUT2D eigenvalue weighted by atomic mass is 14.9. The number of H-pyrrole nitrogens is 1. The fourth-order valence-electron chi connectivity index (χ4n) is 1.54. The maximum absolute atomic E-state index is 9.01. The summed E-state index contributed by atoms with van der Waals surface area (Å²) in [6.45, 7) is 8.16. The average molecular weight is 191 g/mol. The molecule has 76 valence electrons. The maximum atomic E-state index is 9.01. The number of hydrogen-bond donors (Lipinski definition) is 1. The second-order valence-electron chi connectivity index (χ2n) is 3.90. The van der Waals surface area contributed by atoms with Crippen molar-refractivity contribution in [3.05, 3.63) is 17.2 Å². The van der Waals surface area contributed by atoms with Crippen molar-refractivity contribution in [2.45, 2.75) is 40.0 Å². The minimum Gasteiger partial charge on any atom is -0.345 e. The molecule has 1 heterocycles. The second kappa shape index (κ2) is 4.28. The zero-order chi connectivity index (χ0) is 10.7. The van der Waals surface area contributed by atoms with Gasteiger partial charge in [-0.25, -0.2) is 4.98 Å². The van der Waals surface area contributed by atoms with Crippen molar-refractivity contribution in [3.8, 4) is 6.07 Å². The number of aryl methyl sites for hydroxylation is 2. The number of aromatic amines is 1. The Balaban J connectivity index is 3.01. The van der Waals surface area contributed by atoms with Gasteiger partial charge in [0.25, 0.3) is 0 Å². The third-order valence-corrected chi connectivity index (χ3v) is 2.44. The molecule has 0 spiro atoms. The van der Waals surface area contributed by atoms with Gasteiger partial charge in [-0.3, -0.25) is 0 Å². The maximum Gasteiger partial charge on any atom is 0.124 e. The van der Waals surface area contributed by atoms with E-state index in [9.17, 15) is 0 Å². The van der Waals surface area contributed by atoms with Crippen molar-refractivity contribution in [1.29, 1.82) is 5.26 Å². The molecule has 0 aliphatic carbocycles. The Kier molecular flexibility index (Phi) is 3.29. The first-order valence-corrected chi connectivity index (χ1v) is 5.05. The van der Waals surface area contributed by atoms with Crippen LogP contribution in [0.3, 0.4) is 0 Å². The molecule has 0 aromatic carbocycles. The molecule has 1 unspecified atom stereocenters. The van der Waals surface area contributed by atoms with Gasteiger partial charge in [0, 0.05) is 5.69 Å². The number of hydrogen-bond acceptors (Lipinski definition) is 2. The fourth-order valence-corrected chi connectivity index (χ4v) is 1.54. The van der Waals surface area contributed by atoms with E-state index in [0.717, 1.165) is 23.6 Å². The molecule has 1 N–H and O–H groups in total. The van der Waals surface area contributed by atoms with Gasteiger partial charge >= 0.3 is 0 Å². The number of nitriles is 1. The zero-order valence-electron chi connectivity index (χ0n) is 9.26. The van der Waals surface area contributed by atoms with E-state index < -0.39 is 0 Å². The van der Waals surface area contributed by atoms with Crippen molar-refractivity contribution in [1.82, 2.24) is 9.97 Å². The smallest absolute Gasteiger partial charge is 0.124 e. The standard InChI is InChI=1S/C11H17N3/c1-5-10-8(4)13-11(14-10)9(6-12)7(2)3/h7,9H,5H2,1-4H3,(H,13,14). The minimum atomic E-state index is -0.117. The van der Waals surface area contributed by atoms with Crippen molar-refractivity contribution < 1.29 is 0 Å². The predicted octanol–water partition coefficient (Wildman–Crippen LogP) is 2.54. The number of nitrogens with zero attached hydrogens (tertiary/aromatic N) is 2. The summed E-state index contributed by atoms with van der Waals surface area (Å²) in [5.41, 5.74) is 2.16. The van der Waals surface area contributed by atoms with Crippen LogP contribution in [-0.4, -0.2) is 9.97 Å². The van der Waals surface area contributed by atoms with Crippen LogP contribution in [0, 0.1) is 24.2 Å². The first-order valence-electron chi connectivity index (χ1n) is 5.05. The van der Waals surface area contributed by atoms with Crippen molar-refractivity contribution in [3.63, 3.8) is 0 Å². The Bertz CT molecular complexity index is 344. The van der Waals surface area contributed by atoms with Gasteiger partial charge in [0.15, 0.2) is 0 Å². The Morgan fingerprint density at radius 2 is 2.14 bits per heavy atom. The van der Waals surface area contributed by atoms with Crippen molar-refractivity contribution >= 4 is 0 Å². The van der Waals surface area contributed by atoms with E-state index in [1.165, 1.54) is 0 Å². The Labute approximate surface area is 85.2 Å². The van der Waals surface area contributed by atoms with E-state index in [1.54, 1.807) is 0 Å². The minimum absolute atomic E-state index is 0.117. The van der Waals surface area contributed by atoms with Crippen LogP contribution in [0.5, 0.6) is 0 Å². The van der Waals surface area contributed by atoms with Crippen LogP contribution in [0.2, 0.25) is 0 Å². The summed E-state index contributed by atoms with van der Waals surface area (Å²) in [6.07, 6.45) is 0.915. The molecular formula is C11H17N3. The summed E-state index contributed by atoms with van der Waals surface area (Å²) in [5.74, 6) is 1.00. The van der Waals surface area contributed by atoms with Gasteiger partial charge in [0.1, 0.15) is 11.7 Å². The first kappa shape index (κ1) is 10.8. The number of nitrogens with one attached hydrogen (secondary N) is 1. The molecule has 14 heavy (non-hydrogen) atoms. The van der Waals surface area contributed by atoms with Gasteiger partial charge in [0.2, 0.25) is 0 Å². The molecule has 3 nitrogen and oxygen atoms in total. The Hall–Kier alpha value is -1.30. The van der Waals surface area contributed by atoms with Crippen LogP contribution in [0.25, 0.3) is 0 Å². The van der Waals surface area contributed by atoms with Crippen molar-refractivity contribution in [2.75, 3.05) is 0 Å². The lowest BCUT2D eigenvalue weighted by Crippen LogP contribution is -2.06. The third-order valence-electron chi connectivity index (χ3n) is 2.44. The lowest BCUT2D eigenvalue weighted by atomic mass is 9.97. The summed E-state index contributed by atoms with van der Waals surface area (Å²) in [7, 11) is 0. The molecule has 0 aliphatic heterocycles. The highest BCUT2D eigenvalue weighted by Gasteiger charge is 2.19. The lowest BCUT2D eigenvalue weighted by molar-refractivity contribution is 0.564. The lowest BCUT2D eigenvalue weighted by Gasteiger charge is -2.08. The summed E-state index contributed by atoms with van der Waals surface area (Å²) in [6, 6.07) is 2.29. The molecule has 1 aromatic rings. The van der Waals surface area contributed by atoms with Gasteiger partial charge in [-0.2, -0.15) is 5.26 Å². The van der Waals surface area contributed by atoms with Gasteiger partial charge < -0.3 is 4.98 Å². The Morgan fingerprint density at radius 1 is 1.50 bits per heavy atom. The predicted molar refractivity (Wildman–Crippen MR) is 55.9 cm³/mol. The topological polar surface area (TPSA) is 52.5 Å². The van der Waals surface area contributed by atoms with Gasteiger partial charge in [-0.15, -0.1) is 0 Å². The summed E-state index contributed by atoms with van der Waals surface area (Å²) in [5, 5.41) is 9.01. The molecule has 1 rings (SSSR count). The Morgan fingerprint density at radius 3 is 2.50 bits per heavy atom. The van der Waals surface area contributed by atoms with Gasteiger partial charge in [0.05, 0.1) is 11.8 Å². The monoisotopic (exact) mass is 191 g/mol. The van der Waals surface area contributed by atoms with Gasteiger partial charge in [-0.05, 0) is 19.3 Å². The SMILES string of the molecule is CCc1nc(C(C#N)C(C)C)[nH]c1C. The molecule has 0 saturated carbocycles. The average Bonchev–Trinajstić information content (AvgIpc) is 2.47. The molecule has 0 radical (unpaired) electrons. The van der Waals surface area contributed by atoms with E-state index in [-0.39, 0.29) is 5.92 Å². The molecule has 3 heteroatoms. The largest absolute Gasteiger partial charge is 0.345 e. The second-order valence-corrected chi connectivity index (χ2v) is 3.90. The fraction of sp³-hybridized carbons (Fsp3) is 0.636.